The monoisotopic (exact) mass is 304 g/mol. The standard InChI is InChI=1S/C14H28N2O3S/c1-4-14(5-2)8-10-15(12-14)20(17,18)16-9-6-7-13(16)11-19-3/h13H,4-12H2,1-3H3/t13-/m1/s1. The van der Waals surface area contributed by atoms with E-state index in [9.17, 15) is 8.42 Å². The van der Waals surface area contributed by atoms with Gasteiger partial charge in [-0.3, -0.25) is 0 Å². The van der Waals surface area contributed by atoms with Crippen molar-refractivity contribution in [3.63, 3.8) is 0 Å². The summed E-state index contributed by atoms with van der Waals surface area (Å²) in [5.41, 5.74) is 0.184. The maximum atomic E-state index is 12.8. The number of rotatable bonds is 6. The first-order valence-electron chi connectivity index (χ1n) is 7.75. The van der Waals surface area contributed by atoms with Crippen molar-refractivity contribution in [2.24, 2.45) is 5.41 Å². The zero-order valence-corrected chi connectivity index (χ0v) is 13.8. The van der Waals surface area contributed by atoms with E-state index in [0.717, 1.165) is 32.1 Å². The van der Waals surface area contributed by atoms with Gasteiger partial charge in [-0.05, 0) is 37.5 Å². The first kappa shape index (κ1) is 16.2. The third-order valence-corrected chi connectivity index (χ3v) is 7.25. The Bertz CT molecular complexity index is 420. The van der Waals surface area contributed by atoms with E-state index in [2.05, 4.69) is 13.8 Å². The predicted octanol–water partition coefficient (Wildman–Crippen LogP) is 1.85. The topological polar surface area (TPSA) is 49.9 Å². The predicted molar refractivity (Wildman–Crippen MR) is 79.7 cm³/mol. The molecule has 0 unspecified atom stereocenters. The Balaban J connectivity index is 2.11. The molecule has 2 aliphatic rings. The molecule has 118 valence electrons. The van der Waals surface area contributed by atoms with Gasteiger partial charge < -0.3 is 4.74 Å². The van der Waals surface area contributed by atoms with Crippen LogP contribution in [0.2, 0.25) is 0 Å². The molecular formula is C14H28N2O3S. The second kappa shape index (κ2) is 6.30. The Morgan fingerprint density at radius 2 is 1.95 bits per heavy atom. The van der Waals surface area contributed by atoms with Crippen molar-refractivity contribution in [3.05, 3.63) is 0 Å². The van der Waals surface area contributed by atoms with Crippen LogP contribution >= 0.6 is 0 Å². The summed E-state index contributed by atoms with van der Waals surface area (Å²) in [6.07, 6.45) is 4.94. The van der Waals surface area contributed by atoms with Crippen LogP contribution in [0.4, 0.5) is 0 Å². The molecule has 0 saturated carbocycles. The first-order valence-corrected chi connectivity index (χ1v) is 9.14. The molecule has 2 saturated heterocycles. The van der Waals surface area contributed by atoms with Gasteiger partial charge in [-0.2, -0.15) is 17.0 Å². The summed E-state index contributed by atoms with van der Waals surface area (Å²) in [6, 6.07) is 0.0169. The smallest absolute Gasteiger partial charge is 0.282 e. The Kier molecular flexibility index (Phi) is 5.10. The number of nitrogens with zero attached hydrogens (tertiary/aromatic N) is 2. The SMILES string of the molecule is CCC1(CC)CCN(S(=O)(=O)N2CCC[C@@H]2COC)C1. The van der Waals surface area contributed by atoms with Crippen LogP contribution in [0.25, 0.3) is 0 Å². The van der Waals surface area contributed by atoms with E-state index in [1.54, 1.807) is 15.7 Å². The molecule has 2 aliphatic heterocycles. The van der Waals surface area contributed by atoms with Crippen molar-refractivity contribution in [2.75, 3.05) is 33.4 Å². The quantitative estimate of drug-likeness (QED) is 0.752. The van der Waals surface area contributed by atoms with Crippen LogP contribution in [0.3, 0.4) is 0 Å². The lowest BCUT2D eigenvalue weighted by atomic mass is 9.82. The van der Waals surface area contributed by atoms with Crippen molar-refractivity contribution in [2.45, 2.75) is 52.0 Å². The summed E-state index contributed by atoms with van der Waals surface area (Å²) in [7, 11) is -1.68. The lowest BCUT2D eigenvalue weighted by molar-refractivity contribution is 0.146. The number of hydrogen-bond acceptors (Lipinski definition) is 3. The molecule has 0 bridgehead atoms. The van der Waals surface area contributed by atoms with E-state index in [-0.39, 0.29) is 11.5 Å². The van der Waals surface area contributed by atoms with Gasteiger partial charge in [0, 0.05) is 32.8 Å². The van der Waals surface area contributed by atoms with E-state index in [4.69, 9.17) is 4.74 Å². The van der Waals surface area contributed by atoms with Gasteiger partial charge in [0.2, 0.25) is 0 Å². The normalized spacial score (nSPS) is 28.2. The van der Waals surface area contributed by atoms with Gasteiger partial charge in [0.1, 0.15) is 0 Å². The van der Waals surface area contributed by atoms with Crippen molar-refractivity contribution in [1.82, 2.24) is 8.61 Å². The van der Waals surface area contributed by atoms with E-state index in [1.165, 1.54) is 0 Å². The summed E-state index contributed by atoms with van der Waals surface area (Å²) >= 11 is 0. The average Bonchev–Trinajstić information content (AvgIpc) is 3.06. The van der Waals surface area contributed by atoms with E-state index in [1.807, 2.05) is 0 Å². The summed E-state index contributed by atoms with van der Waals surface area (Å²) in [5, 5.41) is 0. The minimum atomic E-state index is -3.31. The highest BCUT2D eigenvalue weighted by molar-refractivity contribution is 7.86. The highest BCUT2D eigenvalue weighted by atomic mass is 32.2. The molecule has 20 heavy (non-hydrogen) atoms. The van der Waals surface area contributed by atoms with Crippen molar-refractivity contribution in [3.8, 4) is 0 Å². The summed E-state index contributed by atoms with van der Waals surface area (Å²) in [6.45, 7) is 6.82. The van der Waals surface area contributed by atoms with Crippen LogP contribution in [-0.2, 0) is 14.9 Å². The van der Waals surface area contributed by atoms with Gasteiger partial charge in [0.25, 0.3) is 10.2 Å². The molecule has 0 spiro atoms. The lowest BCUT2D eigenvalue weighted by Gasteiger charge is -2.30. The third kappa shape index (κ3) is 2.89. The van der Waals surface area contributed by atoms with Gasteiger partial charge in [0.15, 0.2) is 0 Å². The Morgan fingerprint density at radius 1 is 1.25 bits per heavy atom. The minimum Gasteiger partial charge on any atom is -0.383 e. The largest absolute Gasteiger partial charge is 0.383 e. The minimum absolute atomic E-state index is 0.0169. The summed E-state index contributed by atoms with van der Waals surface area (Å²) in [4.78, 5) is 0. The van der Waals surface area contributed by atoms with Crippen molar-refractivity contribution in [1.29, 1.82) is 0 Å². The number of ether oxygens (including phenoxy) is 1. The van der Waals surface area contributed by atoms with Crippen LogP contribution < -0.4 is 0 Å². The van der Waals surface area contributed by atoms with E-state index in [0.29, 0.717) is 26.2 Å². The number of methoxy groups -OCH3 is 1. The maximum Gasteiger partial charge on any atom is 0.282 e. The maximum absolute atomic E-state index is 12.8. The van der Waals surface area contributed by atoms with Crippen LogP contribution in [-0.4, -0.2) is 56.4 Å². The van der Waals surface area contributed by atoms with Gasteiger partial charge in [-0.15, -0.1) is 0 Å². The van der Waals surface area contributed by atoms with Gasteiger partial charge in [-0.25, -0.2) is 0 Å². The van der Waals surface area contributed by atoms with Crippen molar-refractivity contribution >= 4 is 10.2 Å². The molecule has 0 radical (unpaired) electrons. The Morgan fingerprint density at radius 3 is 2.50 bits per heavy atom. The zero-order valence-electron chi connectivity index (χ0n) is 13.0. The van der Waals surface area contributed by atoms with Crippen molar-refractivity contribution < 1.29 is 13.2 Å². The molecule has 0 aliphatic carbocycles. The molecule has 0 aromatic carbocycles. The van der Waals surface area contributed by atoms with Crippen LogP contribution in [0, 0.1) is 5.41 Å². The fraction of sp³-hybridized carbons (Fsp3) is 1.00. The molecule has 2 fully saturated rings. The second-order valence-corrected chi connectivity index (χ2v) is 8.04. The molecular weight excluding hydrogens is 276 g/mol. The van der Waals surface area contributed by atoms with E-state index < -0.39 is 10.2 Å². The van der Waals surface area contributed by atoms with Gasteiger partial charge >= 0.3 is 0 Å². The second-order valence-electron chi connectivity index (χ2n) is 6.16. The highest BCUT2D eigenvalue weighted by Gasteiger charge is 2.44. The molecule has 0 aromatic rings. The summed E-state index contributed by atoms with van der Waals surface area (Å²) in [5.74, 6) is 0. The first-order chi connectivity index (χ1) is 9.49. The molecule has 0 N–H and O–H groups in total. The summed E-state index contributed by atoms with van der Waals surface area (Å²) < 4.78 is 34.2. The van der Waals surface area contributed by atoms with Gasteiger partial charge in [-0.1, -0.05) is 13.8 Å². The molecule has 0 aromatic heterocycles. The molecule has 2 heterocycles. The molecule has 0 amide bonds. The Hall–Kier alpha value is -0.170. The Labute approximate surface area is 123 Å². The fourth-order valence-electron chi connectivity index (χ4n) is 3.54. The highest BCUT2D eigenvalue weighted by Crippen LogP contribution is 2.39. The fourth-order valence-corrected chi connectivity index (χ4v) is 5.50. The number of hydrogen-bond donors (Lipinski definition) is 0. The lowest BCUT2D eigenvalue weighted by Crippen LogP contribution is -2.47. The van der Waals surface area contributed by atoms with E-state index >= 15 is 0 Å². The average molecular weight is 304 g/mol. The molecule has 1 atom stereocenters. The zero-order chi connectivity index (χ0) is 14.8. The molecule has 2 rings (SSSR count). The van der Waals surface area contributed by atoms with Crippen LogP contribution in [0.5, 0.6) is 0 Å². The molecule has 6 heteroatoms. The van der Waals surface area contributed by atoms with Gasteiger partial charge in [0.05, 0.1) is 6.61 Å². The molecule has 5 nitrogen and oxygen atoms in total. The van der Waals surface area contributed by atoms with Crippen LogP contribution in [0.15, 0.2) is 0 Å². The van der Waals surface area contributed by atoms with Crippen LogP contribution in [0.1, 0.15) is 46.0 Å². The third-order valence-electron chi connectivity index (χ3n) is 5.21.